The first kappa shape index (κ1) is 15.0. The Hall–Kier alpha value is -1.08. The highest BCUT2D eigenvalue weighted by Crippen LogP contribution is 2.21. The molecule has 1 fully saturated rings. The molecule has 0 aromatic rings. The molecule has 0 aliphatic carbocycles. The monoisotopic (exact) mass is 275 g/mol. The number of imide groups is 1. The Bertz CT molecular complexity index is 330. The van der Waals surface area contributed by atoms with Gasteiger partial charge in [-0.2, -0.15) is 12.6 Å². The van der Waals surface area contributed by atoms with Gasteiger partial charge in [0.2, 0.25) is 0 Å². The van der Waals surface area contributed by atoms with Gasteiger partial charge in [0, 0.05) is 19.4 Å². The number of rotatable bonds is 6. The van der Waals surface area contributed by atoms with Gasteiger partial charge in [-0.15, -0.1) is 5.06 Å². The maximum Gasteiger partial charge on any atom is 0.336 e. The van der Waals surface area contributed by atoms with Crippen LogP contribution < -0.4 is 0 Å². The van der Waals surface area contributed by atoms with E-state index in [4.69, 9.17) is 9.94 Å². The third-order valence-corrected chi connectivity index (χ3v) is 3.47. The number of carbonyl (C=O) groups is 3. The molecule has 0 aromatic carbocycles. The molecule has 0 aromatic heterocycles. The van der Waals surface area contributed by atoms with E-state index in [9.17, 15) is 14.4 Å². The third-order valence-electron chi connectivity index (χ3n) is 3.00. The number of carbonyl (C=O) groups excluding carboxylic acids is 3. The molecule has 1 rings (SSSR count). The van der Waals surface area contributed by atoms with Crippen molar-refractivity contribution in [1.82, 2.24) is 5.06 Å². The number of nitrogens with zero attached hydrogens (tertiary/aromatic N) is 1. The van der Waals surface area contributed by atoms with Crippen LogP contribution in [-0.4, -0.2) is 40.3 Å². The summed E-state index contributed by atoms with van der Waals surface area (Å²) in [7, 11) is 0. The van der Waals surface area contributed by atoms with E-state index < -0.39 is 23.7 Å². The molecule has 1 saturated heterocycles. The summed E-state index contributed by atoms with van der Waals surface area (Å²) in [5, 5.41) is 9.40. The topological polar surface area (TPSA) is 83.9 Å². The van der Waals surface area contributed by atoms with Gasteiger partial charge in [-0.25, -0.2) is 4.79 Å². The fourth-order valence-corrected chi connectivity index (χ4v) is 2.19. The Morgan fingerprint density at radius 3 is 2.44 bits per heavy atom. The Labute approximate surface area is 111 Å². The summed E-state index contributed by atoms with van der Waals surface area (Å²) in [6, 6.07) is 0. The maximum atomic E-state index is 11.8. The third kappa shape index (κ3) is 3.46. The number of aliphatic hydroxyl groups is 1. The lowest BCUT2D eigenvalue weighted by molar-refractivity contribution is -0.201. The molecule has 1 N–H and O–H groups in total. The lowest BCUT2D eigenvalue weighted by atomic mass is 9.93. The molecular formula is C11H17NO5S. The Balaban J connectivity index is 2.58. The number of hydrogen-bond acceptors (Lipinski definition) is 6. The summed E-state index contributed by atoms with van der Waals surface area (Å²) in [5.74, 6) is -1.91. The van der Waals surface area contributed by atoms with Crippen molar-refractivity contribution in [3.05, 3.63) is 0 Å². The van der Waals surface area contributed by atoms with E-state index in [-0.39, 0.29) is 25.4 Å². The summed E-state index contributed by atoms with van der Waals surface area (Å²) in [4.78, 5) is 39.1. The molecule has 2 atom stereocenters. The highest BCUT2D eigenvalue weighted by atomic mass is 32.1. The molecular weight excluding hydrogens is 258 g/mol. The highest BCUT2D eigenvalue weighted by Gasteiger charge is 2.35. The van der Waals surface area contributed by atoms with Crippen LogP contribution in [0.4, 0.5) is 0 Å². The van der Waals surface area contributed by atoms with Crippen LogP contribution in [0.25, 0.3) is 0 Å². The minimum absolute atomic E-state index is 0.0512. The molecule has 1 aliphatic rings. The van der Waals surface area contributed by atoms with Gasteiger partial charge in [-0.1, -0.05) is 6.92 Å². The predicted molar refractivity (Wildman–Crippen MR) is 65.4 cm³/mol. The van der Waals surface area contributed by atoms with Gasteiger partial charge in [0.15, 0.2) is 0 Å². The molecule has 102 valence electrons. The first-order valence-electron chi connectivity index (χ1n) is 5.80. The van der Waals surface area contributed by atoms with E-state index in [0.717, 1.165) is 0 Å². The zero-order valence-corrected chi connectivity index (χ0v) is 11.1. The van der Waals surface area contributed by atoms with E-state index in [1.165, 1.54) is 0 Å². The second-order valence-electron chi connectivity index (χ2n) is 4.24. The Morgan fingerprint density at radius 1 is 1.44 bits per heavy atom. The SMILES string of the molecule is CC(C(=O)ON1C(=O)CCC1=O)C(CS)CCO. The van der Waals surface area contributed by atoms with Crippen LogP contribution in [-0.2, 0) is 19.2 Å². The normalized spacial score (nSPS) is 18.9. The zero-order valence-electron chi connectivity index (χ0n) is 10.2. The van der Waals surface area contributed by atoms with Gasteiger partial charge in [0.05, 0.1) is 5.92 Å². The maximum absolute atomic E-state index is 11.8. The van der Waals surface area contributed by atoms with Crippen LogP contribution in [0, 0.1) is 11.8 Å². The van der Waals surface area contributed by atoms with Crippen LogP contribution >= 0.6 is 12.6 Å². The van der Waals surface area contributed by atoms with Gasteiger partial charge in [0.25, 0.3) is 11.8 Å². The highest BCUT2D eigenvalue weighted by molar-refractivity contribution is 7.80. The van der Waals surface area contributed by atoms with Crippen LogP contribution in [0.15, 0.2) is 0 Å². The van der Waals surface area contributed by atoms with Crippen molar-refractivity contribution in [2.75, 3.05) is 12.4 Å². The van der Waals surface area contributed by atoms with Crippen LogP contribution in [0.5, 0.6) is 0 Å². The molecule has 7 heteroatoms. The van der Waals surface area contributed by atoms with Gasteiger partial charge in [0.1, 0.15) is 0 Å². The van der Waals surface area contributed by atoms with Gasteiger partial charge < -0.3 is 9.94 Å². The number of hydrogen-bond donors (Lipinski definition) is 2. The molecule has 0 saturated carbocycles. The van der Waals surface area contributed by atoms with E-state index in [0.29, 0.717) is 17.2 Å². The fourth-order valence-electron chi connectivity index (χ4n) is 1.69. The molecule has 1 heterocycles. The average molecular weight is 275 g/mol. The summed E-state index contributed by atoms with van der Waals surface area (Å²) in [6.45, 7) is 1.58. The lowest BCUT2D eigenvalue weighted by Crippen LogP contribution is -2.36. The van der Waals surface area contributed by atoms with Crippen molar-refractivity contribution in [3.63, 3.8) is 0 Å². The first-order valence-corrected chi connectivity index (χ1v) is 6.43. The molecule has 18 heavy (non-hydrogen) atoms. The minimum Gasteiger partial charge on any atom is -0.396 e. The van der Waals surface area contributed by atoms with Crippen molar-refractivity contribution in [3.8, 4) is 0 Å². The number of aliphatic hydroxyl groups excluding tert-OH is 1. The van der Waals surface area contributed by atoms with E-state index in [2.05, 4.69) is 12.6 Å². The smallest absolute Gasteiger partial charge is 0.336 e. The Kier molecular flexibility index (Phi) is 5.61. The van der Waals surface area contributed by atoms with Crippen molar-refractivity contribution in [2.45, 2.75) is 26.2 Å². The van der Waals surface area contributed by atoms with Gasteiger partial charge in [-0.3, -0.25) is 9.59 Å². The number of amides is 2. The van der Waals surface area contributed by atoms with Crippen LogP contribution in [0.2, 0.25) is 0 Å². The average Bonchev–Trinajstić information content (AvgIpc) is 2.66. The first-order chi connectivity index (χ1) is 8.51. The molecule has 0 bridgehead atoms. The molecule has 2 amide bonds. The van der Waals surface area contributed by atoms with Gasteiger partial charge in [-0.05, 0) is 18.1 Å². The van der Waals surface area contributed by atoms with Crippen molar-refractivity contribution >= 4 is 30.4 Å². The summed E-state index contributed by atoms with van der Waals surface area (Å²) in [5.41, 5.74) is 0. The molecule has 6 nitrogen and oxygen atoms in total. The quantitative estimate of drug-likeness (QED) is 0.533. The van der Waals surface area contributed by atoms with E-state index in [1.807, 2.05) is 0 Å². The Morgan fingerprint density at radius 2 is 2.00 bits per heavy atom. The summed E-state index contributed by atoms with van der Waals surface area (Å²) in [6.07, 6.45) is 0.571. The largest absolute Gasteiger partial charge is 0.396 e. The summed E-state index contributed by atoms with van der Waals surface area (Å²) < 4.78 is 0. The standard InChI is InChI=1S/C11H17NO5S/c1-7(8(6-18)4-5-13)11(16)17-12-9(14)2-3-10(12)15/h7-8,13,18H,2-6H2,1H3. The lowest BCUT2D eigenvalue weighted by Gasteiger charge is -2.21. The van der Waals surface area contributed by atoms with Crippen LogP contribution in [0.1, 0.15) is 26.2 Å². The fraction of sp³-hybridized carbons (Fsp3) is 0.727. The van der Waals surface area contributed by atoms with E-state index in [1.54, 1.807) is 6.92 Å². The number of thiol groups is 1. The van der Waals surface area contributed by atoms with Crippen molar-refractivity contribution < 1.29 is 24.3 Å². The molecule has 0 spiro atoms. The number of hydroxylamine groups is 2. The van der Waals surface area contributed by atoms with E-state index >= 15 is 0 Å². The summed E-state index contributed by atoms with van der Waals surface area (Å²) >= 11 is 4.10. The molecule has 2 unspecified atom stereocenters. The van der Waals surface area contributed by atoms with Gasteiger partial charge >= 0.3 is 5.97 Å². The molecule has 1 aliphatic heterocycles. The second-order valence-corrected chi connectivity index (χ2v) is 4.60. The van der Waals surface area contributed by atoms with Crippen molar-refractivity contribution in [2.24, 2.45) is 11.8 Å². The minimum atomic E-state index is -0.647. The molecule has 0 radical (unpaired) electrons. The predicted octanol–water partition coefficient (Wildman–Crippen LogP) is 0.158. The second kappa shape index (κ2) is 6.75. The van der Waals surface area contributed by atoms with Crippen molar-refractivity contribution in [1.29, 1.82) is 0 Å². The zero-order chi connectivity index (χ0) is 13.7. The van der Waals surface area contributed by atoms with Crippen LogP contribution in [0.3, 0.4) is 0 Å².